The zero-order valence-electron chi connectivity index (χ0n) is 18.9. The number of pyridine rings is 1. The van der Waals surface area contributed by atoms with Crippen LogP contribution in [0.15, 0.2) is 48.7 Å². The average Bonchev–Trinajstić information content (AvgIpc) is 3.24. The van der Waals surface area contributed by atoms with Crippen LogP contribution >= 0.6 is 0 Å². The average molecular weight is 460 g/mol. The van der Waals surface area contributed by atoms with Gasteiger partial charge in [-0.15, -0.1) is 0 Å². The van der Waals surface area contributed by atoms with Gasteiger partial charge in [-0.2, -0.15) is 13.2 Å². The van der Waals surface area contributed by atoms with Crippen LogP contribution < -0.4 is 15.1 Å². The summed E-state index contributed by atoms with van der Waals surface area (Å²) < 4.78 is 40.9. The normalized spacial score (nSPS) is 18.8. The van der Waals surface area contributed by atoms with Crippen LogP contribution in [0.4, 0.5) is 24.7 Å². The number of hydrogen-bond acceptors (Lipinski definition) is 4. The van der Waals surface area contributed by atoms with Crippen molar-refractivity contribution in [1.82, 2.24) is 14.7 Å². The molecule has 3 aromatic rings. The van der Waals surface area contributed by atoms with E-state index < -0.39 is 11.9 Å². The summed E-state index contributed by atoms with van der Waals surface area (Å²) in [5, 5.41) is 3.13. The van der Waals surface area contributed by atoms with Crippen LogP contribution in [0, 0.1) is 0 Å². The Kier molecular flexibility index (Phi) is 6.23. The van der Waals surface area contributed by atoms with Gasteiger partial charge in [-0.25, -0.2) is 4.98 Å². The van der Waals surface area contributed by atoms with Gasteiger partial charge >= 0.3 is 6.18 Å². The molecule has 9 heteroatoms. The highest BCUT2D eigenvalue weighted by molar-refractivity contribution is 5.95. The van der Waals surface area contributed by atoms with Crippen LogP contribution in [0.1, 0.15) is 41.7 Å². The molecule has 4 rings (SSSR count). The molecule has 0 spiro atoms. The maximum atomic E-state index is 13.1. The van der Waals surface area contributed by atoms with Gasteiger partial charge in [0, 0.05) is 50.7 Å². The molecular weight excluding hydrogens is 431 g/mol. The molecule has 0 aliphatic heterocycles. The molecule has 6 nitrogen and oxygen atoms in total. The largest absolute Gasteiger partial charge is 0.434 e. The van der Waals surface area contributed by atoms with Crippen molar-refractivity contribution in [2.24, 2.45) is 0 Å². The van der Waals surface area contributed by atoms with Crippen LogP contribution in [-0.2, 0) is 6.18 Å². The molecule has 2 aromatic heterocycles. The van der Waals surface area contributed by atoms with E-state index in [9.17, 15) is 18.0 Å². The number of fused-ring (bicyclic) bond motifs is 1. The van der Waals surface area contributed by atoms with E-state index in [-0.39, 0.29) is 23.6 Å². The molecule has 1 aromatic carbocycles. The van der Waals surface area contributed by atoms with Crippen molar-refractivity contribution in [3.05, 3.63) is 59.9 Å². The van der Waals surface area contributed by atoms with Crippen molar-refractivity contribution in [2.75, 3.05) is 30.9 Å². The summed E-state index contributed by atoms with van der Waals surface area (Å²) in [4.78, 5) is 20.4. The Morgan fingerprint density at radius 1 is 1.06 bits per heavy atom. The number of nitrogens with zero attached hydrogens (tertiary/aromatic N) is 4. The van der Waals surface area contributed by atoms with Crippen molar-refractivity contribution in [2.45, 2.75) is 43.9 Å². The fourth-order valence-electron chi connectivity index (χ4n) is 4.41. The second kappa shape index (κ2) is 8.96. The summed E-state index contributed by atoms with van der Waals surface area (Å²) in [5.74, 6) is 0.585. The first-order valence-electron chi connectivity index (χ1n) is 11.0. The summed E-state index contributed by atoms with van der Waals surface area (Å²) in [5.41, 5.74) is 0.976. The second-order valence-electron chi connectivity index (χ2n) is 8.77. The van der Waals surface area contributed by atoms with Gasteiger partial charge in [-0.3, -0.25) is 9.20 Å². The first-order chi connectivity index (χ1) is 15.6. The number of alkyl halides is 3. The van der Waals surface area contributed by atoms with Crippen LogP contribution in [0.25, 0.3) is 5.65 Å². The molecule has 176 valence electrons. The molecule has 1 N–H and O–H groups in total. The summed E-state index contributed by atoms with van der Waals surface area (Å²) in [6.07, 6.45) is -0.157. The highest BCUT2D eigenvalue weighted by Gasteiger charge is 2.34. The summed E-state index contributed by atoms with van der Waals surface area (Å²) in [6, 6.07) is 12.8. The number of carbonyl (C=O) groups excluding carboxylic acids is 1. The molecule has 1 fully saturated rings. The second-order valence-corrected chi connectivity index (χ2v) is 8.77. The molecule has 0 radical (unpaired) electrons. The van der Waals surface area contributed by atoms with Crippen molar-refractivity contribution in [1.29, 1.82) is 0 Å². The van der Waals surface area contributed by atoms with Gasteiger partial charge in [-0.05, 0) is 56.0 Å². The Morgan fingerprint density at radius 3 is 2.42 bits per heavy atom. The number of aromatic nitrogens is 2. The predicted octanol–water partition coefficient (Wildman–Crippen LogP) is 4.60. The number of amides is 1. The third-order valence-corrected chi connectivity index (χ3v) is 6.33. The monoisotopic (exact) mass is 459 g/mol. The fourth-order valence-corrected chi connectivity index (χ4v) is 4.41. The van der Waals surface area contributed by atoms with E-state index in [0.29, 0.717) is 11.4 Å². The van der Waals surface area contributed by atoms with Gasteiger partial charge in [0.15, 0.2) is 5.69 Å². The van der Waals surface area contributed by atoms with Gasteiger partial charge in [0.25, 0.3) is 5.91 Å². The number of nitrogens with one attached hydrogen (secondary N) is 1. The highest BCUT2D eigenvalue weighted by Crippen LogP contribution is 2.31. The van der Waals surface area contributed by atoms with Crippen LogP contribution in [-0.4, -0.2) is 48.5 Å². The Balaban J connectivity index is 1.40. The Labute approximate surface area is 191 Å². The summed E-state index contributed by atoms with van der Waals surface area (Å²) in [6.45, 7) is 0. The quantitative estimate of drug-likeness (QED) is 0.606. The standard InChI is InChI=1S/C24H28F3N5O/c1-30(2)19-7-4-6-16(14-19)23(33)28-17-10-12-18(13-11-17)31(3)22-9-5-8-21-29-20(15-32(21)22)24(25,26)27/h4-9,14-15,17-18H,10-13H2,1-3H3,(H,28,33). The molecule has 1 amide bonds. The number of anilines is 2. The first-order valence-corrected chi connectivity index (χ1v) is 11.0. The highest BCUT2D eigenvalue weighted by atomic mass is 19.4. The summed E-state index contributed by atoms with van der Waals surface area (Å²) >= 11 is 0. The molecule has 2 heterocycles. The molecular formula is C24H28F3N5O. The first kappa shape index (κ1) is 22.9. The Bertz CT molecular complexity index is 1130. The van der Waals surface area contributed by atoms with Gasteiger partial charge in [-0.1, -0.05) is 12.1 Å². The van der Waals surface area contributed by atoms with E-state index in [1.165, 1.54) is 4.40 Å². The molecule has 0 saturated heterocycles. The minimum atomic E-state index is -4.48. The number of rotatable bonds is 5. The van der Waals surface area contributed by atoms with Gasteiger partial charge in [0.1, 0.15) is 11.5 Å². The molecule has 0 bridgehead atoms. The molecule has 1 saturated carbocycles. The maximum absolute atomic E-state index is 13.1. The molecule has 1 aliphatic carbocycles. The fraction of sp³-hybridized carbons (Fsp3) is 0.417. The minimum absolute atomic E-state index is 0.0750. The number of halogens is 3. The lowest BCUT2D eigenvalue weighted by molar-refractivity contribution is -0.140. The van der Waals surface area contributed by atoms with E-state index in [1.54, 1.807) is 18.2 Å². The third kappa shape index (κ3) is 4.91. The number of carbonyl (C=O) groups is 1. The molecule has 1 aliphatic rings. The van der Waals surface area contributed by atoms with Crippen molar-refractivity contribution < 1.29 is 18.0 Å². The van der Waals surface area contributed by atoms with Crippen LogP contribution in [0.2, 0.25) is 0 Å². The minimum Gasteiger partial charge on any atom is -0.378 e. The zero-order valence-corrected chi connectivity index (χ0v) is 18.9. The third-order valence-electron chi connectivity index (χ3n) is 6.33. The van der Waals surface area contributed by atoms with Crippen molar-refractivity contribution in [3.63, 3.8) is 0 Å². The number of imidazole rings is 1. The van der Waals surface area contributed by atoms with E-state index in [0.717, 1.165) is 37.6 Å². The lowest BCUT2D eigenvalue weighted by Gasteiger charge is -2.36. The predicted molar refractivity (Wildman–Crippen MR) is 123 cm³/mol. The zero-order chi connectivity index (χ0) is 23.8. The van der Waals surface area contributed by atoms with E-state index >= 15 is 0 Å². The maximum Gasteiger partial charge on any atom is 0.434 e. The smallest absolute Gasteiger partial charge is 0.378 e. The summed E-state index contributed by atoms with van der Waals surface area (Å²) in [7, 11) is 5.77. The number of hydrogen-bond donors (Lipinski definition) is 1. The van der Waals surface area contributed by atoms with E-state index in [2.05, 4.69) is 10.3 Å². The van der Waals surface area contributed by atoms with Gasteiger partial charge in [0.05, 0.1) is 0 Å². The SMILES string of the molecule is CN(C)c1cccc(C(=O)NC2CCC(N(C)c3cccc4nc(C(F)(F)F)cn34)CC2)c1. The van der Waals surface area contributed by atoms with Crippen LogP contribution in [0.5, 0.6) is 0 Å². The molecule has 33 heavy (non-hydrogen) atoms. The topological polar surface area (TPSA) is 52.9 Å². The van der Waals surface area contributed by atoms with Crippen molar-refractivity contribution >= 4 is 23.1 Å². The molecule has 0 atom stereocenters. The Morgan fingerprint density at radius 2 is 1.76 bits per heavy atom. The van der Waals surface area contributed by atoms with Gasteiger partial charge < -0.3 is 15.1 Å². The molecule has 0 unspecified atom stereocenters. The van der Waals surface area contributed by atoms with Gasteiger partial charge in [0.2, 0.25) is 0 Å². The number of benzene rings is 1. The lowest BCUT2D eigenvalue weighted by atomic mass is 9.90. The van der Waals surface area contributed by atoms with E-state index in [4.69, 9.17) is 0 Å². The Hall–Kier alpha value is -3.23. The van der Waals surface area contributed by atoms with Crippen molar-refractivity contribution in [3.8, 4) is 0 Å². The lowest BCUT2D eigenvalue weighted by Crippen LogP contribution is -2.43. The van der Waals surface area contributed by atoms with E-state index in [1.807, 2.05) is 55.2 Å². The van der Waals surface area contributed by atoms with Crippen LogP contribution in [0.3, 0.4) is 0 Å².